The Bertz CT molecular complexity index is 507. The first kappa shape index (κ1) is 12.8. The quantitative estimate of drug-likeness (QED) is 0.884. The minimum Gasteiger partial charge on any atom is -0.347 e. The number of halogens is 2. The van der Waals surface area contributed by atoms with Crippen LogP contribution in [0.5, 0.6) is 0 Å². The van der Waals surface area contributed by atoms with Gasteiger partial charge >= 0.3 is 0 Å². The number of hydrogen-bond donors (Lipinski definition) is 1. The summed E-state index contributed by atoms with van der Waals surface area (Å²) in [6.07, 6.45) is 0.247. The Morgan fingerprint density at radius 1 is 1.56 bits per heavy atom. The van der Waals surface area contributed by atoms with E-state index >= 15 is 0 Å². The average molecular weight is 271 g/mol. The number of carbonyl (C=O) groups is 2. The van der Waals surface area contributed by atoms with Crippen molar-refractivity contribution in [3.8, 4) is 0 Å². The van der Waals surface area contributed by atoms with Crippen LogP contribution in [0, 0.1) is 5.82 Å². The summed E-state index contributed by atoms with van der Waals surface area (Å²) >= 11 is 5.61. The van der Waals surface area contributed by atoms with Gasteiger partial charge in [-0.3, -0.25) is 9.59 Å². The number of rotatable bonds is 2. The van der Waals surface area contributed by atoms with Crippen molar-refractivity contribution >= 4 is 23.4 Å². The maximum atomic E-state index is 13.5. The molecule has 0 unspecified atom stereocenters. The fraction of sp³-hybridized carbons (Fsp3) is 0.333. The molecule has 1 heterocycles. The van der Waals surface area contributed by atoms with Gasteiger partial charge in [0.15, 0.2) is 0 Å². The summed E-state index contributed by atoms with van der Waals surface area (Å²) in [5.41, 5.74) is -0.0681. The second-order valence-corrected chi connectivity index (χ2v) is 4.71. The monoisotopic (exact) mass is 270 g/mol. The molecule has 4 nitrogen and oxygen atoms in total. The highest BCUT2D eigenvalue weighted by Crippen LogP contribution is 2.15. The van der Waals surface area contributed by atoms with Gasteiger partial charge < -0.3 is 10.2 Å². The third-order valence-electron chi connectivity index (χ3n) is 2.85. The van der Waals surface area contributed by atoms with Crippen LogP contribution in [0.3, 0.4) is 0 Å². The largest absolute Gasteiger partial charge is 0.347 e. The molecule has 0 spiro atoms. The molecular weight excluding hydrogens is 259 g/mol. The normalized spacial score (nSPS) is 19.2. The number of likely N-dealkylation sites (tertiary alicyclic amines) is 1. The zero-order chi connectivity index (χ0) is 13.3. The van der Waals surface area contributed by atoms with Gasteiger partial charge in [-0.25, -0.2) is 4.39 Å². The third kappa shape index (κ3) is 2.61. The highest BCUT2D eigenvalue weighted by Gasteiger charge is 2.28. The highest BCUT2D eigenvalue weighted by atomic mass is 35.5. The van der Waals surface area contributed by atoms with E-state index in [1.165, 1.54) is 17.0 Å². The van der Waals surface area contributed by atoms with Gasteiger partial charge in [-0.2, -0.15) is 0 Å². The van der Waals surface area contributed by atoms with E-state index < -0.39 is 11.7 Å². The SMILES string of the molecule is CN1C[C@H](NC(=O)c2ccc(Cl)cc2F)CC1=O. The molecule has 2 amide bonds. The summed E-state index contributed by atoms with van der Waals surface area (Å²) in [6.45, 7) is 0.444. The number of nitrogens with zero attached hydrogens (tertiary/aromatic N) is 1. The van der Waals surface area contributed by atoms with E-state index in [-0.39, 0.29) is 29.0 Å². The molecule has 0 aliphatic carbocycles. The number of carbonyl (C=O) groups excluding carboxylic acids is 2. The average Bonchev–Trinajstić information content (AvgIpc) is 2.57. The molecule has 0 saturated carbocycles. The minimum atomic E-state index is -0.669. The number of hydrogen-bond acceptors (Lipinski definition) is 2. The van der Waals surface area contributed by atoms with Crippen LogP contribution in [0.25, 0.3) is 0 Å². The van der Waals surface area contributed by atoms with Crippen molar-refractivity contribution in [3.05, 3.63) is 34.6 Å². The van der Waals surface area contributed by atoms with Crippen LogP contribution in [0.1, 0.15) is 16.8 Å². The molecule has 1 fully saturated rings. The molecule has 1 saturated heterocycles. The number of nitrogens with one attached hydrogen (secondary N) is 1. The number of likely N-dealkylation sites (N-methyl/N-ethyl adjacent to an activating group) is 1. The van der Waals surface area contributed by atoms with Crippen molar-refractivity contribution in [2.45, 2.75) is 12.5 Å². The summed E-state index contributed by atoms with van der Waals surface area (Å²) in [4.78, 5) is 24.7. The van der Waals surface area contributed by atoms with E-state index in [9.17, 15) is 14.0 Å². The van der Waals surface area contributed by atoms with Crippen molar-refractivity contribution < 1.29 is 14.0 Å². The van der Waals surface area contributed by atoms with Gasteiger partial charge in [-0.15, -0.1) is 0 Å². The summed E-state index contributed by atoms with van der Waals surface area (Å²) < 4.78 is 13.5. The maximum absolute atomic E-state index is 13.5. The highest BCUT2D eigenvalue weighted by molar-refractivity contribution is 6.30. The summed E-state index contributed by atoms with van der Waals surface area (Å²) in [7, 11) is 1.66. The summed E-state index contributed by atoms with van der Waals surface area (Å²) in [5, 5.41) is 2.87. The fourth-order valence-electron chi connectivity index (χ4n) is 1.90. The van der Waals surface area contributed by atoms with Crippen LogP contribution in [0.15, 0.2) is 18.2 Å². The van der Waals surface area contributed by atoms with Gasteiger partial charge in [-0.05, 0) is 18.2 Å². The van der Waals surface area contributed by atoms with E-state index in [0.29, 0.717) is 6.54 Å². The molecular formula is C12H12ClFN2O2. The number of benzene rings is 1. The lowest BCUT2D eigenvalue weighted by atomic mass is 10.1. The summed E-state index contributed by atoms with van der Waals surface area (Å²) in [5.74, 6) is -1.23. The molecule has 6 heteroatoms. The van der Waals surface area contributed by atoms with Crippen molar-refractivity contribution in [1.82, 2.24) is 10.2 Å². The van der Waals surface area contributed by atoms with Crippen LogP contribution < -0.4 is 5.32 Å². The predicted octanol–water partition coefficient (Wildman–Crippen LogP) is 1.44. The Hall–Kier alpha value is -1.62. The van der Waals surface area contributed by atoms with Gasteiger partial charge in [0.1, 0.15) is 5.82 Å². The zero-order valence-corrected chi connectivity index (χ0v) is 10.5. The fourth-order valence-corrected chi connectivity index (χ4v) is 2.06. The van der Waals surface area contributed by atoms with Gasteiger partial charge in [-0.1, -0.05) is 11.6 Å². The molecule has 18 heavy (non-hydrogen) atoms. The Morgan fingerprint density at radius 3 is 2.83 bits per heavy atom. The Morgan fingerprint density at radius 2 is 2.28 bits per heavy atom. The molecule has 96 valence electrons. The smallest absolute Gasteiger partial charge is 0.254 e. The van der Waals surface area contributed by atoms with Gasteiger partial charge in [0.25, 0.3) is 5.91 Å². The van der Waals surface area contributed by atoms with E-state index in [2.05, 4.69) is 5.32 Å². The van der Waals surface area contributed by atoms with Crippen LogP contribution >= 0.6 is 11.6 Å². The second kappa shape index (κ2) is 4.94. The van der Waals surface area contributed by atoms with Crippen molar-refractivity contribution in [3.63, 3.8) is 0 Å². The lowest BCUT2D eigenvalue weighted by Gasteiger charge is -2.12. The van der Waals surface area contributed by atoms with E-state index in [0.717, 1.165) is 6.07 Å². The molecule has 2 rings (SSSR count). The molecule has 1 aliphatic heterocycles. The van der Waals surface area contributed by atoms with Crippen LogP contribution in [0.4, 0.5) is 4.39 Å². The van der Waals surface area contributed by atoms with Gasteiger partial charge in [0, 0.05) is 25.0 Å². The van der Waals surface area contributed by atoms with Gasteiger partial charge in [0.2, 0.25) is 5.91 Å². The Labute approximate surface area is 109 Å². The van der Waals surface area contributed by atoms with Crippen molar-refractivity contribution in [2.24, 2.45) is 0 Å². The van der Waals surface area contributed by atoms with Crippen molar-refractivity contribution in [1.29, 1.82) is 0 Å². The topological polar surface area (TPSA) is 49.4 Å². The van der Waals surface area contributed by atoms with E-state index in [1.807, 2.05) is 0 Å². The zero-order valence-electron chi connectivity index (χ0n) is 9.74. The molecule has 1 N–H and O–H groups in total. The lowest BCUT2D eigenvalue weighted by Crippen LogP contribution is -2.36. The van der Waals surface area contributed by atoms with Crippen LogP contribution in [-0.2, 0) is 4.79 Å². The first-order valence-corrected chi connectivity index (χ1v) is 5.85. The van der Waals surface area contributed by atoms with E-state index in [1.54, 1.807) is 7.05 Å². The first-order valence-electron chi connectivity index (χ1n) is 5.47. The van der Waals surface area contributed by atoms with Crippen LogP contribution in [0.2, 0.25) is 5.02 Å². The molecule has 1 aromatic rings. The lowest BCUT2D eigenvalue weighted by molar-refractivity contribution is -0.126. The second-order valence-electron chi connectivity index (χ2n) is 4.27. The van der Waals surface area contributed by atoms with Gasteiger partial charge in [0.05, 0.1) is 11.6 Å². The number of amides is 2. The van der Waals surface area contributed by atoms with Crippen LogP contribution in [-0.4, -0.2) is 36.3 Å². The van der Waals surface area contributed by atoms with E-state index in [4.69, 9.17) is 11.6 Å². The molecule has 0 bridgehead atoms. The minimum absolute atomic E-state index is 0.0307. The standard InChI is InChI=1S/C12H12ClFN2O2/c1-16-6-8(5-11(16)17)15-12(18)9-3-2-7(13)4-10(9)14/h2-4,8H,5-6H2,1H3,(H,15,18)/t8-/m1/s1. The molecule has 1 atom stereocenters. The molecule has 1 aromatic carbocycles. The molecule has 1 aliphatic rings. The van der Waals surface area contributed by atoms with Crippen molar-refractivity contribution in [2.75, 3.05) is 13.6 Å². The third-order valence-corrected chi connectivity index (χ3v) is 3.09. The Balaban J connectivity index is 2.06. The molecule has 0 aromatic heterocycles. The Kier molecular flexibility index (Phi) is 3.52. The predicted molar refractivity (Wildman–Crippen MR) is 64.9 cm³/mol. The molecule has 0 radical (unpaired) electrons. The first-order chi connectivity index (χ1) is 8.47. The summed E-state index contributed by atoms with van der Waals surface area (Å²) in [6, 6.07) is 3.59. The maximum Gasteiger partial charge on any atom is 0.254 e.